The SMILES string of the molecule is CC(C)CC(C)OC(=O)C(C)(C)COCC(C)C(C)CC(C)n1cc(C(C)(C)C(C)C(C)C)nn1. The molecular formula is C29H55N3O3. The zero-order valence-electron chi connectivity index (χ0n) is 25.0. The summed E-state index contributed by atoms with van der Waals surface area (Å²) in [6.45, 7) is 29.1. The van der Waals surface area contributed by atoms with Crippen LogP contribution >= 0.6 is 0 Å². The summed E-state index contributed by atoms with van der Waals surface area (Å²) in [5.41, 5.74) is 0.393. The summed E-state index contributed by atoms with van der Waals surface area (Å²) in [5.74, 6) is 2.23. The number of nitrogens with zero attached hydrogens (tertiary/aromatic N) is 3. The molecule has 204 valence electrons. The maximum atomic E-state index is 12.6. The van der Waals surface area contributed by atoms with Crippen molar-refractivity contribution in [2.75, 3.05) is 13.2 Å². The van der Waals surface area contributed by atoms with E-state index in [0.29, 0.717) is 42.8 Å². The third-order valence-corrected chi connectivity index (χ3v) is 7.95. The molecule has 5 unspecified atom stereocenters. The molecule has 0 N–H and O–H groups in total. The van der Waals surface area contributed by atoms with E-state index in [4.69, 9.17) is 9.47 Å². The van der Waals surface area contributed by atoms with Gasteiger partial charge in [0.25, 0.3) is 0 Å². The molecule has 0 saturated heterocycles. The molecule has 1 aromatic rings. The Kier molecular flexibility index (Phi) is 11.9. The Morgan fingerprint density at radius 3 is 2.09 bits per heavy atom. The van der Waals surface area contributed by atoms with Crippen molar-refractivity contribution < 1.29 is 14.3 Å². The quantitative estimate of drug-likeness (QED) is 0.244. The second kappa shape index (κ2) is 13.2. The molecule has 0 aliphatic heterocycles. The van der Waals surface area contributed by atoms with Crippen molar-refractivity contribution >= 4 is 5.97 Å². The molecule has 0 aliphatic carbocycles. The molecule has 1 rings (SSSR count). The summed E-state index contributed by atoms with van der Waals surface area (Å²) in [6, 6.07) is 0.257. The van der Waals surface area contributed by atoms with Gasteiger partial charge in [-0.3, -0.25) is 4.79 Å². The van der Waals surface area contributed by atoms with Gasteiger partial charge in [0.1, 0.15) is 0 Å². The topological polar surface area (TPSA) is 66.2 Å². The van der Waals surface area contributed by atoms with Crippen molar-refractivity contribution in [3.63, 3.8) is 0 Å². The Balaban J connectivity index is 2.58. The van der Waals surface area contributed by atoms with E-state index in [0.717, 1.165) is 18.5 Å². The summed E-state index contributed by atoms with van der Waals surface area (Å²) >= 11 is 0. The van der Waals surface area contributed by atoms with Gasteiger partial charge in [-0.25, -0.2) is 4.68 Å². The number of aromatic nitrogens is 3. The van der Waals surface area contributed by atoms with Crippen LogP contribution in [0.4, 0.5) is 0 Å². The minimum Gasteiger partial charge on any atom is -0.462 e. The number of hydrogen-bond donors (Lipinski definition) is 0. The average Bonchev–Trinajstić information content (AvgIpc) is 3.23. The maximum Gasteiger partial charge on any atom is 0.314 e. The fourth-order valence-electron chi connectivity index (χ4n) is 4.51. The Bertz CT molecular complexity index is 769. The predicted octanol–water partition coefficient (Wildman–Crippen LogP) is 7.09. The number of hydrogen-bond acceptors (Lipinski definition) is 5. The van der Waals surface area contributed by atoms with Gasteiger partial charge in [-0.15, -0.1) is 5.10 Å². The number of carbonyl (C=O) groups excluding carboxylic acids is 1. The molecule has 0 bridgehead atoms. The van der Waals surface area contributed by atoms with E-state index in [-0.39, 0.29) is 23.5 Å². The summed E-state index contributed by atoms with van der Waals surface area (Å²) in [4.78, 5) is 12.6. The molecule has 35 heavy (non-hydrogen) atoms. The first-order chi connectivity index (χ1) is 16.0. The molecule has 0 radical (unpaired) electrons. The molecular weight excluding hydrogens is 438 g/mol. The summed E-state index contributed by atoms with van der Waals surface area (Å²) in [7, 11) is 0. The molecule has 0 amide bonds. The molecule has 0 aliphatic rings. The van der Waals surface area contributed by atoms with Gasteiger partial charge in [0.05, 0.1) is 29.9 Å². The Morgan fingerprint density at radius 1 is 0.943 bits per heavy atom. The first-order valence-corrected chi connectivity index (χ1v) is 13.7. The lowest BCUT2D eigenvalue weighted by Gasteiger charge is -2.32. The lowest BCUT2D eigenvalue weighted by atomic mass is 9.72. The molecule has 1 heterocycles. The van der Waals surface area contributed by atoms with Crippen molar-refractivity contribution in [2.24, 2.45) is 35.0 Å². The molecule has 5 atom stereocenters. The molecule has 0 spiro atoms. The van der Waals surface area contributed by atoms with Crippen molar-refractivity contribution in [3.05, 3.63) is 11.9 Å². The number of esters is 1. The van der Waals surface area contributed by atoms with Crippen LogP contribution in [0.1, 0.15) is 115 Å². The average molecular weight is 494 g/mol. The zero-order chi connectivity index (χ0) is 27.1. The van der Waals surface area contributed by atoms with Crippen LogP contribution in [0.25, 0.3) is 0 Å². The molecule has 0 aromatic carbocycles. The standard InChI is InChI=1S/C29H55N3O3/c1-19(2)14-24(8)35-27(33)28(10,11)18-34-17-22(6)21(5)15-23(7)32-16-26(30-31-32)29(12,13)25(9)20(3)4/h16,19-25H,14-15,17-18H2,1-13H3. The van der Waals surface area contributed by atoms with E-state index in [1.54, 1.807) is 0 Å². The number of rotatable bonds is 15. The Hall–Kier alpha value is -1.43. The van der Waals surface area contributed by atoms with Crippen molar-refractivity contribution in [1.82, 2.24) is 15.0 Å². The van der Waals surface area contributed by atoms with E-state index in [2.05, 4.69) is 85.7 Å². The van der Waals surface area contributed by atoms with Crippen LogP contribution in [0.15, 0.2) is 6.20 Å². The first kappa shape index (κ1) is 31.6. The van der Waals surface area contributed by atoms with Crippen molar-refractivity contribution in [1.29, 1.82) is 0 Å². The highest BCUT2D eigenvalue weighted by Crippen LogP contribution is 2.35. The summed E-state index contributed by atoms with van der Waals surface area (Å²) in [5, 5.41) is 9.01. The highest BCUT2D eigenvalue weighted by Gasteiger charge is 2.34. The minimum absolute atomic E-state index is 0.0145. The highest BCUT2D eigenvalue weighted by molar-refractivity contribution is 5.76. The van der Waals surface area contributed by atoms with Gasteiger partial charge in [-0.05, 0) is 70.1 Å². The normalized spacial score (nSPS) is 17.3. The van der Waals surface area contributed by atoms with Crippen molar-refractivity contribution in [3.8, 4) is 0 Å². The van der Waals surface area contributed by atoms with E-state index in [1.807, 2.05) is 25.5 Å². The Labute approximate surface area is 215 Å². The van der Waals surface area contributed by atoms with Gasteiger partial charge >= 0.3 is 5.97 Å². The minimum atomic E-state index is -0.654. The van der Waals surface area contributed by atoms with Gasteiger partial charge in [0, 0.05) is 18.2 Å². The lowest BCUT2D eigenvalue weighted by Crippen LogP contribution is -2.35. The van der Waals surface area contributed by atoms with Crippen LogP contribution in [0, 0.1) is 35.0 Å². The largest absolute Gasteiger partial charge is 0.462 e. The van der Waals surface area contributed by atoms with Gasteiger partial charge in [-0.2, -0.15) is 0 Å². The highest BCUT2D eigenvalue weighted by atomic mass is 16.5. The van der Waals surface area contributed by atoms with Crippen molar-refractivity contribution in [2.45, 2.75) is 120 Å². The van der Waals surface area contributed by atoms with Crippen LogP contribution in [0.3, 0.4) is 0 Å². The van der Waals surface area contributed by atoms with Crippen LogP contribution in [0.5, 0.6) is 0 Å². The van der Waals surface area contributed by atoms with Crippen LogP contribution in [-0.2, 0) is 19.7 Å². The lowest BCUT2D eigenvalue weighted by molar-refractivity contribution is -0.163. The Morgan fingerprint density at radius 2 is 1.54 bits per heavy atom. The fraction of sp³-hybridized carbons (Fsp3) is 0.897. The van der Waals surface area contributed by atoms with E-state index >= 15 is 0 Å². The number of ether oxygens (including phenoxy) is 2. The van der Waals surface area contributed by atoms with Gasteiger partial charge in [0.2, 0.25) is 0 Å². The second-order valence-corrected chi connectivity index (χ2v) is 13.1. The smallest absolute Gasteiger partial charge is 0.314 e. The maximum absolute atomic E-state index is 12.6. The van der Waals surface area contributed by atoms with Gasteiger partial charge < -0.3 is 9.47 Å². The summed E-state index contributed by atoms with van der Waals surface area (Å²) < 4.78 is 13.7. The van der Waals surface area contributed by atoms with Crippen LogP contribution in [0.2, 0.25) is 0 Å². The van der Waals surface area contributed by atoms with Crippen LogP contribution < -0.4 is 0 Å². The molecule has 6 heteroatoms. The zero-order valence-corrected chi connectivity index (χ0v) is 25.0. The van der Waals surface area contributed by atoms with Gasteiger partial charge in [0.15, 0.2) is 0 Å². The summed E-state index contributed by atoms with van der Waals surface area (Å²) in [6.07, 6.45) is 3.92. The van der Waals surface area contributed by atoms with E-state index < -0.39 is 5.41 Å². The number of carbonyl (C=O) groups is 1. The third-order valence-electron chi connectivity index (χ3n) is 7.95. The molecule has 6 nitrogen and oxygen atoms in total. The molecule has 0 fully saturated rings. The fourth-order valence-corrected chi connectivity index (χ4v) is 4.51. The molecule has 1 aromatic heterocycles. The predicted molar refractivity (Wildman–Crippen MR) is 144 cm³/mol. The monoisotopic (exact) mass is 493 g/mol. The van der Waals surface area contributed by atoms with Crippen LogP contribution in [-0.4, -0.2) is 40.3 Å². The van der Waals surface area contributed by atoms with Gasteiger partial charge in [-0.1, -0.05) is 67.5 Å². The molecule has 0 saturated carbocycles. The second-order valence-electron chi connectivity index (χ2n) is 13.1. The van der Waals surface area contributed by atoms with E-state index in [1.165, 1.54) is 0 Å². The third kappa shape index (κ3) is 9.51. The first-order valence-electron chi connectivity index (χ1n) is 13.7. The van der Waals surface area contributed by atoms with E-state index in [9.17, 15) is 4.79 Å².